The van der Waals surface area contributed by atoms with E-state index in [1.54, 1.807) is 0 Å². The van der Waals surface area contributed by atoms with Gasteiger partial charge in [0.15, 0.2) is 0 Å². The summed E-state index contributed by atoms with van der Waals surface area (Å²) < 4.78 is 0. The first-order valence-electron chi connectivity index (χ1n) is 5.93. The Bertz CT molecular complexity index is 219. The maximum absolute atomic E-state index is 2.47. The molecule has 2 unspecified atom stereocenters. The molecule has 2 rings (SSSR count). The Hall–Kier alpha value is -0.780. The summed E-state index contributed by atoms with van der Waals surface area (Å²) in [4.78, 5) is 0. The van der Waals surface area contributed by atoms with Gasteiger partial charge in [-0.1, -0.05) is 36.5 Å². The average molecular weight is 188 g/mol. The number of hydrogen-bond acceptors (Lipinski definition) is 0. The van der Waals surface area contributed by atoms with Crippen molar-refractivity contribution in [3.8, 4) is 0 Å². The van der Waals surface area contributed by atoms with Crippen molar-refractivity contribution in [2.75, 3.05) is 0 Å². The summed E-state index contributed by atoms with van der Waals surface area (Å²) in [6.45, 7) is 0. The van der Waals surface area contributed by atoms with E-state index in [2.05, 4.69) is 36.5 Å². The first-order valence-corrected chi connectivity index (χ1v) is 5.93. The molecule has 0 spiro atoms. The van der Waals surface area contributed by atoms with Crippen LogP contribution in [0.5, 0.6) is 0 Å². The van der Waals surface area contributed by atoms with Crippen LogP contribution in [0.25, 0.3) is 0 Å². The second kappa shape index (κ2) is 5.19. The van der Waals surface area contributed by atoms with Crippen LogP contribution in [0.1, 0.15) is 38.5 Å². The van der Waals surface area contributed by atoms with Gasteiger partial charge in [0.1, 0.15) is 0 Å². The van der Waals surface area contributed by atoms with Crippen molar-refractivity contribution < 1.29 is 0 Å². The van der Waals surface area contributed by atoms with Crippen LogP contribution in [0.2, 0.25) is 0 Å². The molecule has 0 saturated carbocycles. The Morgan fingerprint density at radius 2 is 1.21 bits per heavy atom. The Morgan fingerprint density at radius 1 is 0.714 bits per heavy atom. The molecule has 0 bridgehead atoms. The van der Waals surface area contributed by atoms with Crippen molar-refractivity contribution in [1.82, 2.24) is 0 Å². The first-order chi connectivity index (χ1) is 6.95. The van der Waals surface area contributed by atoms with Crippen molar-refractivity contribution in [2.45, 2.75) is 38.5 Å². The molecule has 2 aliphatic rings. The molecular weight excluding hydrogens is 168 g/mol. The van der Waals surface area contributed by atoms with E-state index < -0.39 is 0 Å². The van der Waals surface area contributed by atoms with Gasteiger partial charge in [0.2, 0.25) is 0 Å². The standard InChI is InChI=1S/C14H20/c1-3-7-13(8-4-1)11-12-14-9-5-2-6-10-14/h1-3,5,11-14H,4,6-10H2. The summed E-state index contributed by atoms with van der Waals surface area (Å²) in [5.41, 5.74) is 0. The molecule has 2 atom stereocenters. The van der Waals surface area contributed by atoms with Crippen LogP contribution in [0.15, 0.2) is 36.5 Å². The molecule has 76 valence electrons. The van der Waals surface area contributed by atoms with Crippen molar-refractivity contribution in [1.29, 1.82) is 0 Å². The number of rotatable bonds is 2. The highest BCUT2D eigenvalue weighted by molar-refractivity contribution is 5.03. The van der Waals surface area contributed by atoms with Gasteiger partial charge >= 0.3 is 0 Å². The third-order valence-electron chi connectivity index (χ3n) is 3.27. The molecule has 0 radical (unpaired) electrons. The quantitative estimate of drug-likeness (QED) is 0.568. The zero-order valence-corrected chi connectivity index (χ0v) is 8.86. The van der Waals surface area contributed by atoms with E-state index in [1.165, 1.54) is 38.5 Å². The van der Waals surface area contributed by atoms with Gasteiger partial charge in [0, 0.05) is 0 Å². The smallest absolute Gasteiger partial charge is 0.0196 e. The summed E-state index contributed by atoms with van der Waals surface area (Å²) in [5, 5.41) is 0. The van der Waals surface area contributed by atoms with Crippen LogP contribution in [-0.4, -0.2) is 0 Å². The largest absolute Gasteiger partial charge is 0.0885 e. The minimum Gasteiger partial charge on any atom is -0.0885 e. The Kier molecular flexibility index (Phi) is 3.62. The van der Waals surface area contributed by atoms with E-state index in [0.717, 1.165) is 11.8 Å². The summed E-state index contributed by atoms with van der Waals surface area (Å²) in [7, 11) is 0. The fourth-order valence-electron chi connectivity index (χ4n) is 2.30. The molecule has 0 aliphatic heterocycles. The lowest BCUT2D eigenvalue weighted by Gasteiger charge is -2.16. The Labute approximate surface area is 87.4 Å². The van der Waals surface area contributed by atoms with Crippen LogP contribution in [0.4, 0.5) is 0 Å². The van der Waals surface area contributed by atoms with Gasteiger partial charge in [-0.15, -0.1) is 0 Å². The summed E-state index contributed by atoms with van der Waals surface area (Å²) >= 11 is 0. The highest BCUT2D eigenvalue weighted by atomic mass is 14.1. The average Bonchev–Trinajstić information content (AvgIpc) is 2.29. The summed E-state index contributed by atoms with van der Waals surface area (Å²) in [6.07, 6.45) is 22.0. The van der Waals surface area contributed by atoms with Crippen molar-refractivity contribution in [3.05, 3.63) is 36.5 Å². The first kappa shape index (κ1) is 9.76. The van der Waals surface area contributed by atoms with E-state index in [9.17, 15) is 0 Å². The van der Waals surface area contributed by atoms with E-state index >= 15 is 0 Å². The lowest BCUT2D eigenvalue weighted by atomic mass is 9.89. The van der Waals surface area contributed by atoms with Crippen molar-refractivity contribution in [3.63, 3.8) is 0 Å². The fraction of sp³-hybridized carbons (Fsp3) is 0.571. The Morgan fingerprint density at radius 3 is 1.57 bits per heavy atom. The molecule has 0 aromatic heterocycles. The number of hydrogen-bond donors (Lipinski definition) is 0. The summed E-state index contributed by atoms with van der Waals surface area (Å²) in [6, 6.07) is 0. The van der Waals surface area contributed by atoms with Crippen LogP contribution >= 0.6 is 0 Å². The summed E-state index contributed by atoms with van der Waals surface area (Å²) in [5.74, 6) is 1.65. The van der Waals surface area contributed by atoms with Crippen LogP contribution in [0.3, 0.4) is 0 Å². The molecule has 0 aromatic rings. The van der Waals surface area contributed by atoms with Crippen molar-refractivity contribution >= 4 is 0 Å². The molecule has 0 nitrogen and oxygen atoms in total. The SMILES string of the molecule is C1=CCC(C=CC2CC=CCC2)CC1. The highest BCUT2D eigenvalue weighted by Gasteiger charge is 2.08. The molecule has 0 fully saturated rings. The topological polar surface area (TPSA) is 0 Å². The highest BCUT2D eigenvalue weighted by Crippen LogP contribution is 2.23. The zero-order valence-electron chi connectivity index (χ0n) is 8.86. The molecule has 0 amide bonds. The van der Waals surface area contributed by atoms with E-state index in [4.69, 9.17) is 0 Å². The van der Waals surface area contributed by atoms with E-state index in [1.807, 2.05) is 0 Å². The van der Waals surface area contributed by atoms with Gasteiger partial charge in [-0.2, -0.15) is 0 Å². The molecular formula is C14H20. The van der Waals surface area contributed by atoms with Gasteiger partial charge in [-0.25, -0.2) is 0 Å². The zero-order chi connectivity index (χ0) is 9.64. The third kappa shape index (κ3) is 2.87. The second-order valence-corrected chi connectivity index (χ2v) is 4.47. The second-order valence-electron chi connectivity index (χ2n) is 4.47. The Balaban J connectivity index is 1.80. The fourth-order valence-corrected chi connectivity index (χ4v) is 2.30. The minimum atomic E-state index is 0.825. The van der Waals surface area contributed by atoms with Gasteiger partial charge in [-0.3, -0.25) is 0 Å². The molecule has 0 saturated heterocycles. The predicted octanol–water partition coefficient (Wildman–Crippen LogP) is 4.26. The van der Waals surface area contributed by atoms with Gasteiger partial charge in [-0.05, 0) is 50.4 Å². The lowest BCUT2D eigenvalue weighted by molar-refractivity contribution is 0.553. The van der Waals surface area contributed by atoms with Gasteiger partial charge in [0.25, 0.3) is 0 Å². The molecule has 0 heterocycles. The molecule has 14 heavy (non-hydrogen) atoms. The molecule has 0 N–H and O–H groups in total. The normalized spacial score (nSPS) is 32.6. The van der Waals surface area contributed by atoms with Crippen LogP contribution in [-0.2, 0) is 0 Å². The van der Waals surface area contributed by atoms with Crippen LogP contribution in [0, 0.1) is 11.8 Å². The third-order valence-corrected chi connectivity index (χ3v) is 3.27. The molecule has 2 aliphatic carbocycles. The van der Waals surface area contributed by atoms with Gasteiger partial charge < -0.3 is 0 Å². The molecule has 0 aromatic carbocycles. The number of allylic oxidation sites excluding steroid dienone is 6. The maximum Gasteiger partial charge on any atom is -0.0196 e. The molecule has 0 heteroatoms. The maximum atomic E-state index is 2.47. The monoisotopic (exact) mass is 188 g/mol. The van der Waals surface area contributed by atoms with Crippen LogP contribution < -0.4 is 0 Å². The van der Waals surface area contributed by atoms with Crippen molar-refractivity contribution in [2.24, 2.45) is 11.8 Å². The predicted molar refractivity (Wildman–Crippen MR) is 62.1 cm³/mol. The van der Waals surface area contributed by atoms with E-state index in [-0.39, 0.29) is 0 Å². The van der Waals surface area contributed by atoms with E-state index in [0.29, 0.717) is 0 Å². The minimum absolute atomic E-state index is 0.825. The lowest BCUT2D eigenvalue weighted by Crippen LogP contribution is -2.02. The van der Waals surface area contributed by atoms with Gasteiger partial charge in [0.05, 0.1) is 0 Å².